The Kier molecular flexibility index (Phi) is 4.97. The molecule has 21 heavy (non-hydrogen) atoms. The Labute approximate surface area is 121 Å². The highest BCUT2D eigenvalue weighted by Gasteiger charge is 2.22. The van der Waals surface area contributed by atoms with E-state index in [1.54, 1.807) is 0 Å². The Morgan fingerprint density at radius 1 is 1.38 bits per heavy atom. The largest absolute Gasteiger partial charge is 0.491 e. The molecular weight excluding hydrogens is 279 g/mol. The number of nitrogens with one attached hydrogen (secondary N) is 2. The van der Waals surface area contributed by atoms with E-state index in [2.05, 4.69) is 10.6 Å². The Balaban J connectivity index is 1.90. The molecule has 114 valence electrons. The maximum atomic E-state index is 13.2. The second-order valence-electron chi connectivity index (χ2n) is 4.92. The lowest BCUT2D eigenvalue weighted by atomic mass is 10.3. The first kappa shape index (κ1) is 15.1. The Morgan fingerprint density at radius 2 is 2.14 bits per heavy atom. The third kappa shape index (κ3) is 5.29. The molecule has 3 N–H and O–H groups in total. The average molecular weight is 296 g/mol. The number of rotatable bonds is 7. The monoisotopic (exact) mass is 296 g/mol. The van der Waals surface area contributed by atoms with Crippen molar-refractivity contribution in [1.82, 2.24) is 5.32 Å². The van der Waals surface area contributed by atoms with E-state index < -0.39 is 17.8 Å². The minimum atomic E-state index is -0.995. The Morgan fingerprint density at radius 3 is 2.81 bits per heavy atom. The number of carbonyl (C=O) groups is 2. The van der Waals surface area contributed by atoms with Crippen molar-refractivity contribution in [2.45, 2.75) is 19.3 Å². The second-order valence-corrected chi connectivity index (χ2v) is 4.92. The van der Waals surface area contributed by atoms with Crippen LogP contribution in [-0.2, 0) is 4.79 Å². The van der Waals surface area contributed by atoms with E-state index in [1.807, 2.05) is 0 Å². The SMILES string of the molecule is O=C(O)CCNC(=O)Nc1ccc(F)cc1OCC1CC1. The summed E-state index contributed by atoms with van der Waals surface area (Å²) in [6.07, 6.45) is 2.05. The first-order chi connectivity index (χ1) is 10.0. The number of carboxylic acids is 1. The van der Waals surface area contributed by atoms with E-state index in [9.17, 15) is 14.0 Å². The Hall–Kier alpha value is -2.31. The van der Waals surface area contributed by atoms with Gasteiger partial charge in [0.2, 0.25) is 0 Å². The summed E-state index contributed by atoms with van der Waals surface area (Å²) in [4.78, 5) is 22.0. The maximum Gasteiger partial charge on any atom is 0.319 e. The van der Waals surface area contributed by atoms with Crippen molar-refractivity contribution < 1.29 is 23.8 Å². The molecule has 7 heteroatoms. The number of ether oxygens (including phenoxy) is 1. The number of anilines is 1. The summed E-state index contributed by atoms with van der Waals surface area (Å²) in [6, 6.07) is 3.29. The van der Waals surface area contributed by atoms with Gasteiger partial charge in [0.05, 0.1) is 18.7 Å². The number of aliphatic carboxylic acids is 1. The molecule has 1 aromatic carbocycles. The zero-order chi connectivity index (χ0) is 15.2. The number of hydrogen-bond acceptors (Lipinski definition) is 3. The molecule has 2 amide bonds. The second kappa shape index (κ2) is 6.92. The summed E-state index contributed by atoms with van der Waals surface area (Å²) in [5.74, 6) is -0.663. The van der Waals surface area contributed by atoms with Crippen molar-refractivity contribution in [3.63, 3.8) is 0 Å². The number of amides is 2. The van der Waals surface area contributed by atoms with Crippen LogP contribution in [0.15, 0.2) is 18.2 Å². The molecule has 1 aromatic rings. The summed E-state index contributed by atoms with van der Waals surface area (Å²) in [5, 5.41) is 13.4. The van der Waals surface area contributed by atoms with Crippen LogP contribution in [0.1, 0.15) is 19.3 Å². The van der Waals surface area contributed by atoms with Crippen LogP contribution in [0, 0.1) is 11.7 Å². The van der Waals surface area contributed by atoms with Gasteiger partial charge in [-0.15, -0.1) is 0 Å². The van der Waals surface area contributed by atoms with E-state index in [0.717, 1.165) is 12.8 Å². The van der Waals surface area contributed by atoms with Gasteiger partial charge >= 0.3 is 12.0 Å². The fraction of sp³-hybridized carbons (Fsp3) is 0.429. The molecule has 0 saturated heterocycles. The summed E-state index contributed by atoms with van der Waals surface area (Å²) < 4.78 is 18.8. The van der Waals surface area contributed by atoms with Crippen molar-refractivity contribution >= 4 is 17.7 Å². The molecule has 1 aliphatic carbocycles. The van der Waals surface area contributed by atoms with Crippen LogP contribution in [-0.4, -0.2) is 30.3 Å². The van der Waals surface area contributed by atoms with Crippen LogP contribution < -0.4 is 15.4 Å². The van der Waals surface area contributed by atoms with E-state index in [-0.39, 0.29) is 18.7 Å². The first-order valence-corrected chi connectivity index (χ1v) is 6.73. The van der Waals surface area contributed by atoms with Gasteiger partial charge < -0.3 is 20.5 Å². The molecule has 0 aliphatic heterocycles. The van der Waals surface area contributed by atoms with Gasteiger partial charge in [-0.3, -0.25) is 4.79 Å². The first-order valence-electron chi connectivity index (χ1n) is 6.73. The van der Waals surface area contributed by atoms with Crippen LogP contribution in [0.5, 0.6) is 5.75 Å². The maximum absolute atomic E-state index is 13.2. The lowest BCUT2D eigenvalue weighted by Crippen LogP contribution is -2.30. The van der Waals surface area contributed by atoms with Crippen molar-refractivity contribution in [2.75, 3.05) is 18.5 Å². The highest BCUT2D eigenvalue weighted by Crippen LogP contribution is 2.32. The number of halogens is 1. The molecule has 1 aliphatic rings. The van der Waals surface area contributed by atoms with Gasteiger partial charge in [0.25, 0.3) is 0 Å². The van der Waals surface area contributed by atoms with Crippen molar-refractivity contribution in [3.8, 4) is 5.75 Å². The average Bonchev–Trinajstić information content (AvgIpc) is 3.22. The van der Waals surface area contributed by atoms with Gasteiger partial charge in [-0.25, -0.2) is 9.18 Å². The van der Waals surface area contributed by atoms with Gasteiger partial charge in [-0.2, -0.15) is 0 Å². The van der Waals surface area contributed by atoms with E-state index in [4.69, 9.17) is 9.84 Å². The van der Waals surface area contributed by atoms with Crippen LogP contribution in [0.3, 0.4) is 0 Å². The van der Waals surface area contributed by atoms with E-state index >= 15 is 0 Å². The molecule has 2 rings (SSSR count). The predicted molar refractivity (Wildman–Crippen MR) is 73.9 cm³/mol. The lowest BCUT2D eigenvalue weighted by molar-refractivity contribution is -0.136. The third-order valence-electron chi connectivity index (χ3n) is 2.99. The number of hydrogen-bond donors (Lipinski definition) is 3. The predicted octanol–water partition coefficient (Wildman–Crippen LogP) is 2.21. The standard InChI is InChI=1S/C14H17FN2O4/c15-10-3-4-11(12(7-10)21-8-9-1-2-9)17-14(20)16-6-5-13(18)19/h3-4,7,9H,1-2,5-6,8H2,(H,18,19)(H2,16,17,20). The quantitative estimate of drug-likeness (QED) is 0.720. The highest BCUT2D eigenvalue weighted by molar-refractivity contribution is 5.91. The topological polar surface area (TPSA) is 87.7 Å². The third-order valence-corrected chi connectivity index (χ3v) is 2.99. The number of carbonyl (C=O) groups excluding carboxylic acids is 1. The molecule has 1 fully saturated rings. The van der Waals surface area contributed by atoms with Crippen LogP contribution in [0.25, 0.3) is 0 Å². The Bertz CT molecular complexity index is 532. The molecule has 0 bridgehead atoms. The van der Waals surface area contributed by atoms with Gasteiger partial charge in [-0.05, 0) is 30.9 Å². The van der Waals surface area contributed by atoms with E-state index in [0.29, 0.717) is 18.2 Å². The van der Waals surface area contributed by atoms with Crippen LogP contribution >= 0.6 is 0 Å². The normalized spacial score (nSPS) is 13.6. The fourth-order valence-corrected chi connectivity index (χ4v) is 1.66. The fourth-order valence-electron chi connectivity index (χ4n) is 1.66. The summed E-state index contributed by atoms with van der Waals surface area (Å²) >= 11 is 0. The molecular formula is C14H17FN2O4. The van der Waals surface area contributed by atoms with Crippen molar-refractivity contribution in [2.24, 2.45) is 5.92 Å². The summed E-state index contributed by atoms with van der Waals surface area (Å²) in [6.45, 7) is 0.513. The molecule has 0 unspecified atom stereocenters. The van der Waals surface area contributed by atoms with Gasteiger partial charge in [-0.1, -0.05) is 0 Å². The minimum Gasteiger partial charge on any atom is -0.491 e. The van der Waals surface area contributed by atoms with Gasteiger partial charge in [0.1, 0.15) is 11.6 Å². The zero-order valence-corrected chi connectivity index (χ0v) is 11.4. The summed E-state index contributed by atoms with van der Waals surface area (Å²) in [5.41, 5.74) is 0.352. The molecule has 0 heterocycles. The minimum absolute atomic E-state index is 0.0145. The smallest absolute Gasteiger partial charge is 0.319 e. The molecule has 6 nitrogen and oxygen atoms in total. The zero-order valence-electron chi connectivity index (χ0n) is 11.4. The molecule has 0 aromatic heterocycles. The molecule has 0 spiro atoms. The molecule has 1 saturated carbocycles. The van der Waals surface area contributed by atoms with Crippen LogP contribution in [0.2, 0.25) is 0 Å². The van der Waals surface area contributed by atoms with Gasteiger partial charge in [0, 0.05) is 12.6 Å². The van der Waals surface area contributed by atoms with Crippen molar-refractivity contribution in [3.05, 3.63) is 24.0 Å². The molecule has 0 atom stereocenters. The summed E-state index contributed by atoms with van der Waals surface area (Å²) in [7, 11) is 0. The molecule has 0 radical (unpaired) electrons. The van der Waals surface area contributed by atoms with Crippen molar-refractivity contribution in [1.29, 1.82) is 0 Å². The highest BCUT2D eigenvalue weighted by atomic mass is 19.1. The van der Waals surface area contributed by atoms with E-state index in [1.165, 1.54) is 18.2 Å². The number of carboxylic acid groups (broad SMARTS) is 1. The van der Waals surface area contributed by atoms with Gasteiger partial charge in [0.15, 0.2) is 0 Å². The number of urea groups is 1. The lowest BCUT2D eigenvalue weighted by Gasteiger charge is -2.13. The van der Waals surface area contributed by atoms with Crippen LogP contribution in [0.4, 0.5) is 14.9 Å². The number of benzene rings is 1.